The molecule has 2 aromatic rings. The van der Waals surface area contributed by atoms with E-state index >= 15 is 0 Å². The van der Waals surface area contributed by atoms with Gasteiger partial charge in [-0.15, -0.1) is 11.3 Å². The molecule has 1 aliphatic rings. The van der Waals surface area contributed by atoms with Gasteiger partial charge in [0.1, 0.15) is 5.69 Å². The Labute approximate surface area is 151 Å². The van der Waals surface area contributed by atoms with E-state index in [1.54, 1.807) is 0 Å². The summed E-state index contributed by atoms with van der Waals surface area (Å²) >= 11 is 1.25. The Kier molecular flexibility index (Phi) is 4.74. The van der Waals surface area contributed by atoms with Gasteiger partial charge < -0.3 is 10.0 Å². The SMILES string of the molecule is O=C(c1csc(Cc2ccccc2)n1)N1CCC(C(=O)O)(C(F)(F)F)C1. The minimum atomic E-state index is -4.92. The number of aromatic nitrogens is 1. The van der Waals surface area contributed by atoms with Gasteiger partial charge in [-0.3, -0.25) is 9.59 Å². The summed E-state index contributed by atoms with van der Waals surface area (Å²) in [6, 6.07) is 9.45. The lowest BCUT2D eigenvalue weighted by Crippen LogP contribution is -2.47. The summed E-state index contributed by atoms with van der Waals surface area (Å²) in [6.45, 7) is -1.16. The summed E-state index contributed by atoms with van der Waals surface area (Å²) in [5, 5.41) is 11.2. The highest BCUT2D eigenvalue weighted by Gasteiger charge is 2.64. The standard InChI is InChI=1S/C17H15F3N2O3S/c18-17(19,20)16(15(24)25)6-7-22(10-16)14(23)12-9-26-13(21-12)8-11-4-2-1-3-5-11/h1-5,9H,6-8,10H2,(H,24,25). The first kappa shape index (κ1) is 18.4. The summed E-state index contributed by atoms with van der Waals surface area (Å²) in [6.07, 6.45) is -5.06. The molecule has 2 heterocycles. The Morgan fingerprint density at radius 3 is 2.54 bits per heavy atom. The largest absolute Gasteiger partial charge is 0.481 e. The first-order chi connectivity index (χ1) is 12.2. The van der Waals surface area contributed by atoms with E-state index in [0.29, 0.717) is 11.4 Å². The maximum atomic E-state index is 13.2. The second-order valence-corrected chi connectivity index (χ2v) is 7.09. The van der Waals surface area contributed by atoms with Crippen molar-refractivity contribution in [1.29, 1.82) is 0 Å². The number of thiazole rings is 1. The summed E-state index contributed by atoms with van der Waals surface area (Å²) in [4.78, 5) is 28.8. The third-order valence-electron chi connectivity index (χ3n) is 4.48. The van der Waals surface area contributed by atoms with E-state index in [0.717, 1.165) is 10.5 Å². The predicted molar refractivity (Wildman–Crippen MR) is 88.0 cm³/mol. The molecule has 0 saturated carbocycles. The van der Waals surface area contributed by atoms with Crippen LogP contribution >= 0.6 is 11.3 Å². The average molecular weight is 384 g/mol. The fraction of sp³-hybridized carbons (Fsp3) is 0.353. The third kappa shape index (κ3) is 3.31. The Bertz CT molecular complexity index is 822. The lowest BCUT2D eigenvalue weighted by atomic mass is 9.86. The molecule has 0 aliphatic carbocycles. The maximum absolute atomic E-state index is 13.2. The summed E-state index contributed by atoms with van der Waals surface area (Å²) < 4.78 is 39.7. The number of carboxylic acids is 1. The zero-order chi connectivity index (χ0) is 18.9. The maximum Gasteiger partial charge on any atom is 0.406 e. The molecule has 1 N–H and O–H groups in total. The van der Waals surface area contributed by atoms with Gasteiger partial charge in [0.05, 0.1) is 5.01 Å². The number of halogens is 3. The average Bonchev–Trinajstić information content (AvgIpc) is 3.22. The second kappa shape index (κ2) is 6.71. The van der Waals surface area contributed by atoms with Gasteiger partial charge in [0.25, 0.3) is 5.91 Å². The number of benzene rings is 1. The predicted octanol–water partition coefficient (Wildman–Crippen LogP) is 3.21. The Morgan fingerprint density at radius 2 is 1.96 bits per heavy atom. The van der Waals surface area contributed by atoms with E-state index in [9.17, 15) is 22.8 Å². The van der Waals surface area contributed by atoms with E-state index in [1.807, 2.05) is 30.3 Å². The molecule has 1 aliphatic heterocycles. The van der Waals surface area contributed by atoms with Gasteiger partial charge in [-0.1, -0.05) is 30.3 Å². The van der Waals surface area contributed by atoms with Crippen molar-refractivity contribution >= 4 is 23.2 Å². The van der Waals surface area contributed by atoms with Crippen molar-refractivity contribution in [2.45, 2.75) is 19.0 Å². The van der Waals surface area contributed by atoms with Gasteiger partial charge in [0.2, 0.25) is 0 Å². The van der Waals surface area contributed by atoms with Crippen LogP contribution in [0.25, 0.3) is 0 Å². The van der Waals surface area contributed by atoms with Crippen molar-refractivity contribution in [3.8, 4) is 0 Å². The number of hydrogen-bond donors (Lipinski definition) is 1. The fourth-order valence-electron chi connectivity index (χ4n) is 2.93. The second-order valence-electron chi connectivity index (χ2n) is 6.15. The van der Waals surface area contributed by atoms with Crippen molar-refractivity contribution in [3.05, 3.63) is 52.0 Å². The highest BCUT2D eigenvalue weighted by molar-refractivity contribution is 7.09. The topological polar surface area (TPSA) is 70.5 Å². The van der Waals surface area contributed by atoms with Crippen LogP contribution in [0.1, 0.15) is 27.5 Å². The van der Waals surface area contributed by atoms with Gasteiger partial charge in [0.15, 0.2) is 5.41 Å². The molecule has 138 valence electrons. The highest BCUT2D eigenvalue weighted by Crippen LogP contribution is 2.46. The fourth-order valence-corrected chi connectivity index (χ4v) is 3.74. The molecule has 1 unspecified atom stereocenters. The van der Waals surface area contributed by atoms with Crippen molar-refractivity contribution < 1.29 is 27.9 Å². The van der Waals surface area contributed by atoms with Crippen LogP contribution in [-0.4, -0.2) is 46.1 Å². The number of amides is 1. The Morgan fingerprint density at radius 1 is 1.27 bits per heavy atom. The number of aliphatic carboxylic acids is 1. The van der Waals surface area contributed by atoms with Gasteiger partial charge in [-0.2, -0.15) is 13.2 Å². The van der Waals surface area contributed by atoms with Crippen LogP contribution in [0, 0.1) is 5.41 Å². The minimum Gasteiger partial charge on any atom is -0.481 e. The molecule has 0 bridgehead atoms. The molecule has 0 spiro atoms. The number of carboxylic acid groups (broad SMARTS) is 1. The lowest BCUT2D eigenvalue weighted by Gasteiger charge is -2.27. The zero-order valence-corrected chi connectivity index (χ0v) is 14.3. The summed E-state index contributed by atoms with van der Waals surface area (Å²) in [7, 11) is 0. The number of likely N-dealkylation sites (tertiary alicyclic amines) is 1. The van der Waals surface area contributed by atoms with Crippen LogP contribution in [0.2, 0.25) is 0 Å². The highest BCUT2D eigenvalue weighted by atomic mass is 32.1. The molecule has 9 heteroatoms. The van der Waals surface area contributed by atoms with E-state index in [2.05, 4.69) is 4.98 Å². The number of hydrogen-bond acceptors (Lipinski definition) is 4. The van der Waals surface area contributed by atoms with Crippen molar-refractivity contribution in [2.24, 2.45) is 5.41 Å². The third-order valence-corrected chi connectivity index (χ3v) is 5.33. The quantitative estimate of drug-likeness (QED) is 0.879. The molecule has 1 aromatic heterocycles. The molecule has 26 heavy (non-hydrogen) atoms. The van der Waals surface area contributed by atoms with Crippen molar-refractivity contribution in [1.82, 2.24) is 9.88 Å². The number of carbonyl (C=O) groups excluding carboxylic acids is 1. The van der Waals surface area contributed by atoms with Gasteiger partial charge in [-0.05, 0) is 12.0 Å². The van der Waals surface area contributed by atoms with Crippen molar-refractivity contribution in [3.63, 3.8) is 0 Å². The number of nitrogens with zero attached hydrogens (tertiary/aromatic N) is 2. The molecular weight excluding hydrogens is 369 g/mol. The molecule has 1 saturated heterocycles. The van der Waals surface area contributed by atoms with Gasteiger partial charge in [0, 0.05) is 24.9 Å². The van der Waals surface area contributed by atoms with Gasteiger partial charge >= 0.3 is 12.1 Å². The zero-order valence-electron chi connectivity index (χ0n) is 13.5. The smallest absolute Gasteiger partial charge is 0.406 e. The van der Waals surface area contributed by atoms with E-state index in [4.69, 9.17) is 5.11 Å². The van der Waals surface area contributed by atoms with Gasteiger partial charge in [-0.25, -0.2) is 4.98 Å². The van der Waals surface area contributed by atoms with Crippen LogP contribution < -0.4 is 0 Å². The van der Waals surface area contributed by atoms with Crippen LogP contribution in [0.15, 0.2) is 35.7 Å². The van der Waals surface area contributed by atoms with E-state index < -0.39 is 36.4 Å². The monoisotopic (exact) mass is 384 g/mol. The first-order valence-electron chi connectivity index (χ1n) is 7.81. The molecule has 5 nitrogen and oxygen atoms in total. The Balaban J connectivity index is 1.74. The molecule has 1 amide bonds. The van der Waals surface area contributed by atoms with Crippen LogP contribution in [0.5, 0.6) is 0 Å². The van der Waals surface area contributed by atoms with E-state index in [1.165, 1.54) is 16.7 Å². The number of carbonyl (C=O) groups is 2. The molecular formula is C17H15F3N2O3S. The first-order valence-corrected chi connectivity index (χ1v) is 8.69. The van der Waals surface area contributed by atoms with Crippen LogP contribution in [0.3, 0.4) is 0 Å². The number of alkyl halides is 3. The van der Waals surface area contributed by atoms with Crippen molar-refractivity contribution in [2.75, 3.05) is 13.1 Å². The molecule has 1 aromatic carbocycles. The molecule has 1 fully saturated rings. The van der Waals surface area contributed by atoms with Crippen LogP contribution in [0.4, 0.5) is 13.2 Å². The normalized spacial score (nSPS) is 20.3. The minimum absolute atomic E-state index is 0.0456. The molecule has 1 atom stereocenters. The molecule has 3 rings (SSSR count). The summed E-state index contributed by atoms with van der Waals surface area (Å²) in [5.41, 5.74) is -1.86. The molecule has 0 radical (unpaired) electrons. The summed E-state index contributed by atoms with van der Waals surface area (Å²) in [5.74, 6) is -2.63. The number of rotatable bonds is 4. The van der Waals surface area contributed by atoms with Crippen LogP contribution in [-0.2, 0) is 11.2 Å². The van der Waals surface area contributed by atoms with E-state index in [-0.39, 0.29) is 12.2 Å². The lowest BCUT2D eigenvalue weighted by molar-refractivity contribution is -0.227. The Hall–Kier alpha value is -2.42.